The van der Waals surface area contributed by atoms with Crippen molar-refractivity contribution >= 4 is 6.21 Å². The number of fused-ring (bicyclic) bond motifs is 1. The lowest BCUT2D eigenvalue weighted by molar-refractivity contribution is -0.0659. The van der Waals surface area contributed by atoms with E-state index >= 15 is 0 Å². The van der Waals surface area contributed by atoms with Gasteiger partial charge in [-0.2, -0.15) is 0 Å². The zero-order valence-corrected chi connectivity index (χ0v) is 13.9. The maximum atomic E-state index is 8.19. The van der Waals surface area contributed by atoms with Crippen LogP contribution in [0, 0.1) is 28.1 Å². The fourth-order valence-electron chi connectivity index (χ4n) is 4.84. The standard InChI is InChI=1S/C18H31NO2/c1-14-6-5-7-16-17(14,3)9-8-15(2)18(16,12-19)10-11-21-13-20-4/h12,15-16,19H,1,5-11,13H2,2-4H3/t15-,16+,17-,18-/m0/s1. The summed E-state index contributed by atoms with van der Waals surface area (Å²) in [4.78, 5) is 0. The van der Waals surface area contributed by atoms with Crippen molar-refractivity contribution < 1.29 is 9.47 Å². The Morgan fingerprint density at radius 3 is 2.86 bits per heavy atom. The second-order valence-corrected chi connectivity index (χ2v) is 7.23. The summed E-state index contributed by atoms with van der Waals surface area (Å²) in [5, 5.41) is 8.19. The first-order valence-corrected chi connectivity index (χ1v) is 8.28. The lowest BCUT2D eigenvalue weighted by Gasteiger charge is -2.58. The van der Waals surface area contributed by atoms with Crippen molar-refractivity contribution in [1.29, 1.82) is 5.41 Å². The van der Waals surface area contributed by atoms with Crippen LogP contribution in [0.5, 0.6) is 0 Å². The number of ether oxygens (including phenoxy) is 2. The Morgan fingerprint density at radius 2 is 2.19 bits per heavy atom. The molecule has 21 heavy (non-hydrogen) atoms. The largest absolute Gasteiger partial charge is 0.359 e. The molecular weight excluding hydrogens is 262 g/mol. The Hall–Kier alpha value is -0.670. The molecule has 0 saturated heterocycles. The van der Waals surface area contributed by atoms with E-state index in [1.807, 2.05) is 0 Å². The van der Waals surface area contributed by atoms with E-state index in [2.05, 4.69) is 20.4 Å². The van der Waals surface area contributed by atoms with Gasteiger partial charge in [0.05, 0.1) is 6.61 Å². The molecule has 0 aliphatic heterocycles. The predicted molar refractivity (Wildman–Crippen MR) is 86.6 cm³/mol. The Balaban J connectivity index is 2.22. The van der Waals surface area contributed by atoms with Gasteiger partial charge in [0.25, 0.3) is 0 Å². The van der Waals surface area contributed by atoms with Crippen LogP contribution < -0.4 is 0 Å². The van der Waals surface area contributed by atoms with Gasteiger partial charge in [0.15, 0.2) is 0 Å². The first kappa shape index (κ1) is 16.7. The molecule has 3 heteroatoms. The van der Waals surface area contributed by atoms with Gasteiger partial charge in [-0.3, -0.25) is 0 Å². The van der Waals surface area contributed by atoms with Crippen LogP contribution >= 0.6 is 0 Å². The van der Waals surface area contributed by atoms with Gasteiger partial charge in [0.2, 0.25) is 0 Å². The minimum absolute atomic E-state index is 0.0376. The van der Waals surface area contributed by atoms with Crippen molar-refractivity contribution in [2.45, 2.75) is 52.4 Å². The molecule has 2 rings (SSSR count). The first-order valence-electron chi connectivity index (χ1n) is 8.28. The van der Waals surface area contributed by atoms with E-state index in [0.29, 0.717) is 25.2 Å². The molecular formula is C18H31NO2. The van der Waals surface area contributed by atoms with Crippen LogP contribution in [-0.4, -0.2) is 26.7 Å². The van der Waals surface area contributed by atoms with E-state index in [1.165, 1.54) is 31.3 Å². The van der Waals surface area contributed by atoms with E-state index in [0.717, 1.165) is 12.8 Å². The van der Waals surface area contributed by atoms with Gasteiger partial charge in [0.1, 0.15) is 6.79 Å². The molecule has 0 aromatic rings. The second kappa shape index (κ2) is 6.62. The van der Waals surface area contributed by atoms with Crippen LogP contribution in [0.2, 0.25) is 0 Å². The molecule has 0 heterocycles. The molecule has 2 aliphatic carbocycles. The van der Waals surface area contributed by atoms with Crippen LogP contribution in [0.15, 0.2) is 12.2 Å². The molecule has 3 nitrogen and oxygen atoms in total. The molecule has 0 radical (unpaired) electrons. The van der Waals surface area contributed by atoms with Gasteiger partial charge in [-0.1, -0.05) is 26.0 Å². The fourth-order valence-corrected chi connectivity index (χ4v) is 4.84. The van der Waals surface area contributed by atoms with Crippen LogP contribution in [0.25, 0.3) is 0 Å². The Kier molecular flexibility index (Phi) is 5.26. The third-order valence-electron chi connectivity index (χ3n) is 6.36. The summed E-state index contributed by atoms with van der Waals surface area (Å²) in [6.07, 6.45) is 8.69. The summed E-state index contributed by atoms with van der Waals surface area (Å²) < 4.78 is 10.5. The number of methoxy groups -OCH3 is 1. The summed E-state index contributed by atoms with van der Waals surface area (Å²) >= 11 is 0. The molecule has 0 aromatic heterocycles. The minimum Gasteiger partial charge on any atom is -0.359 e. The van der Waals surface area contributed by atoms with Gasteiger partial charge >= 0.3 is 0 Å². The third kappa shape index (κ3) is 2.83. The Labute approximate surface area is 129 Å². The van der Waals surface area contributed by atoms with Crippen molar-refractivity contribution in [3.63, 3.8) is 0 Å². The lowest BCUT2D eigenvalue weighted by Crippen LogP contribution is -2.53. The number of nitrogens with one attached hydrogen (secondary N) is 1. The quantitative estimate of drug-likeness (QED) is 0.341. The molecule has 0 spiro atoms. The fraction of sp³-hybridized carbons (Fsp3) is 0.833. The first-order chi connectivity index (χ1) is 10.0. The molecule has 0 bridgehead atoms. The number of rotatable bonds is 6. The zero-order chi connectivity index (χ0) is 15.5. The van der Waals surface area contributed by atoms with Crippen molar-refractivity contribution in [1.82, 2.24) is 0 Å². The van der Waals surface area contributed by atoms with E-state index < -0.39 is 0 Å². The number of hydrogen-bond acceptors (Lipinski definition) is 3. The van der Waals surface area contributed by atoms with Crippen LogP contribution in [0.4, 0.5) is 0 Å². The summed E-state index contributed by atoms with van der Waals surface area (Å²) in [5.41, 5.74) is 1.59. The van der Waals surface area contributed by atoms with Crippen molar-refractivity contribution in [2.24, 2.45) is 22.7 Å². The highest BCUT2D eigenvalue weighted by atomic mass is 16.7. The Bertz CT molecular complexity index is 395. The molecule has 0 unspecified atom stereocenters. The average molecular weight is 293 g/mol. The SMILES string of the molecule is C=C1CCC[C@H]2[C@](C=N)(CCOCOC)[C@@H](C)CC[C@@]12C. The molecule has 0 aromatic carbocycles. The molecule has 1 N–H and O–H groups in total. The highest BCUT2D eigenvalue weighted by Gasteiger charge is 2.55. The number of allylic oxidation sites excluding steroid dienone is 1. The molecule has 4 atom stereocenters. The van der Waals surface area contributed by atoms with Gasteiger partial charge in [-0.25, -0.2) is 0 Å². The summed E-state index contributed by atoms with van der Waals surface area (Å²) in [6.45, 7) is 10.1. The van der Waals surface area contributed by atoms with Crippen LogP contribution in [0.1, 0.15) is 52.4 Å². The predicted octanol–water partition coefficient (Wildman–Crippen LogP) is 4.43. The van der Waals surface area contributed by atoms with Gasteiger partial charge in [-0.15, -0.1) is 0 Å². The zero-order valence-electron chi connectivity index (χ0n) is 13.9. The average Bonchev–Trinajstić information content (AvgIpc) is 2.48. The lowest BCUT2D eigenvalue weighted by atomic mass is 9.46. The van der Waals surface area contributed by atoms with Crippen LogP contribution in [0.3, 0.4) is 0 Å². The van der Waals surface area contributed by atoms with Gasteiger partial charge in [-0.05, 0) is 55.8 Å². The highest BCUT2D eigenvalue weighted by molar-refractivity contribution is 5.64. The maximum absolute atomic E-state index is 8.19. The van der Waals surface area contributed by atoms with E-state index in [1.54, 1.807) is 13.3 Å². The van der Waals surface area contributed by atoms with Gasteiger partial charge < -0.3 is 14.9 Å². The van der Waals surface area contributed by atoms with Crippen molar-refractivity contribution in [3.8, 4) is 0 Å². The maximum Gasteiger partial charge on any atom is 0.146 e. The molecule has 2 aliphatic rings. The molecule has 2 fully saturated rings. The van der Waals surface area contributed by atoms with E-state index in [4.69, 9.17) is 14.9 Å². The molecule has 120 valence electrons. The Morgan fingerprint density at radius 1 is 1.43 bits per heavy atom. The topological polar surface area (TPSA) is 42.3 Å². The molecule has 2 saturated carbocycles. The normalized spacial score (nSPS) is 39.9. The second-order valence-electron chi connectivity index (χ2n) is 7.23. The van der Waals surface area contributed by atoms with E-state index in [9.17, 15) is 0 Å². The third-order valence-corrected chi connectivity index (χ3v) is 6.36. The minimum atomic E-state index is -0.0376. The monoisotopic (exact) mass is 293 g/mol. The summed E-state index contributed by atoms with van der Waals surface area (Å²) in [7, 11) is 1.65. The van der Waals surface area contributed by atoms with Crippen molar-refractivity contribution in [2.75, 3.05) is 20.5 Å². The number of hydrogen-bond donors (Lipinski definition) is 1. The van der Waals surface area contributed by atoms with E-state index in [-0.39, 0.29) is 10.8 Å². The van der Waals surface area contributed by atoms with Crippen LogP contribution in [-0.2, 0) is 9.47 Å². The highest BCUT2D eigenvalue weighted by Crippen LogP contribution is 2.61. The summed E-state index contributed by atoms with van der Waals surface area (Å²) in [6, 6.07) is 0. The van der Waals surface area contributed by atoms with Crippen molar-refractivity contribution in [3.05, 3.63) is 12.2 Å². The van der Waals surface area contributed by atoms with Gasteiger partial charge in [0, 0.05) is 18.7 Å². The summed E-state index contributed by atoms with van der Waals surface area (Å²) in [5.74, 6) is 1.09. The smallest absolute Gasteiger partial charge is 0.146 e. The molecule has 0 amide bonds.